The van der Waals surface area contributed by atoms with Crippen LogP contribution in [0, 0.1) is 0 Å². The lowest BCUT2D eigenvalue weighted by Crippen LogP contribution is -2.67. The highest BCUT2D eigenvalue weighted by molar-refractivity contribution is 7.53. The van der Waals surface area contributed by atoms with E-state index in [1.807, 2.05) is 41.5 Å². The Morgan fingerprint density at radius 3 is 0.855 bits per heavy atom. The third-order valence-electron chi connectivity index (χ3n) is 12.4. The molecule has 0 saturated heterocycles. The molecular formula is C56H76B2O2S2. The summed E-state index contributed by atoms with van der Waals surface area (Å²) in [5.41, 5.74) is 11.8. The normalized spacial score (nSPS) is 11.8. The van der Waals surface area contributed by atoms with Gasteiger partial charge in [-0.2, -0.15) is 53.8 Å². The van der Waals surface area contributed by atoms with Crippen molar-refractivity contribution in [1.82, 2.24) is 0 Å². The number of unbranched alkanes of at least 4 members (excludes halogenated alkanes) is 3. The van der Waals surface area contributed by atoms with E-state index in [9.17, 15) is 0 Å². The Labute approximate surface area is 388 Å². The lowest BCUT2D eigenvalue weighted by atomic mass is 9.13. The molecule has 6 heteroatoms. The molecule has 0 aliphatic carbocycles. The van der Waals surface area contributed by atoms with Gasteiger partial charge in [0.1, 0.15) is 37.0 Å². The molecule has 0 aromatic heterocycles. The quantitative estimate of drug-likeness (QED) is 0.0517. The average molecular weight is 867 g/mol. The highest BCUT2D eigenvalue weighted by Crippen LogP contribution is 2.22. The molecule has 0 saturated carbocycles. The Morgan fingerprint density at radius 2 is 0.613 bits per heavy atom. The van der Waals surface area contributed by atoms with E-state index < -0.39 is 12.3 Å². The van der Waals surface area contributed by atoms with Gasteiger partial charge in [-0.15, -0.1) is 0 Å². The zero-order valence-electron chi connectivity index (χ0n) is 39.2. The minimum atomic E-state index is -1.10. The summed E-state index contributed by atoms with van der Waals surface area (Å²) in [6.45, 7) is 16.5. The van der Waals surface area contributed by atoms with Crippen molar-refractivity contribution in [1.29, 1.82) is 0 Å². The van der Waals surface area contributed by atoms with Gasteiger partial charge in [0.25, 0.3) is 0 Å². The second-order valence-corrected chi connectivity index (χ2v) is 19.5. The van der Waals surface area contributed by atoms with E-state index in [-0.39, 0.29) is 11.2 Å². The van der Waals surface area contributed by atoms with E-state index in [1.54, 1.807) is 0 Å². The third-order valence-corrected chi connectivity index (χ3v) is 13.6. The van der Waals surface area contributed by atoms with Gasteiger partial charge in [-0.05, 0) is 67.2 Å². The molecule has 0 atom stereocenters. The van der Waals surface area contributed by atoms with Gasteiger partial charge in [-0.3, -0.25) is 0 Å². The summed E-state index contributed by atoms with van der Waals surface area (Å²) in [4.78, 5) is 0. The minimum absolute atomic E-state index is 0.0448. The monoisotopic (exact) mass is 867 g/mol. The minimum Gasteiger partial charge on any atom is -0.200 e. The van der Waals surface area contributed by atoms with Crippen molar-refractivity contribution in [3.63, 3.8) is 0 Å². The number of hydrogen-bond acceptors (Lipinski definition) is 2. The number of benzene rings is 6. The molecule has 0 amide bonds. The van der Waals surface area contributed by atoms with Crippen LogP contribution in [0.3, 0.4) is 0 Å². The van der Waals surface area contributed by atoms with Gasteiger partial charge in [0.15, 0.2) is 0 Å². The topological polar surface area (TPSA) is 18.5 Å². The fourth-order valence-electron chi connectivity index (χ4n) is 9.34. The molecule has 330 valence electrons. The van der Waals surface area contributed by atoms with Gasteiger partial charge >= 0.3 is 0 Å². The Kier molecular flexibility index (Phi) is 20.8. The molecule has 0 fully saturated rings. The summed E-state index contributed by atoms with van der Waals surface area (Å²) in [5, 5.41) is 0. The van der Waals surface area contributed by atoms with Crippen LogP contribution in [-0.2, 0) is 47.0 Å². The summed E-state index contributed by atoms with van der Waals surface area (Å²) in [7, 11) is 0. The van der Waals surface area contributed by atoms with Crippen molar-refractivity contribution in [3.05, 3.63) is 181 Å². The summed E-state index contributed by atoms with van der Waals surface area (Å²) in [5.74, 6) is 0. The smallest absolute Gasteiger partial charge is 0.118 e. The van der Waals surface area contributed by atoms with Crippen molar-refractivity contribution in [2.24, 2.45) is 0 Å². The van der Waals surface area contributed by atoms with Gasteiger partial charge < -0.3 is 0 Å². The van der Waals surface area contributed by atoms with Crippen LogP contribution in [0.2, 0.25) is 12.6 Å². The molecule has 0 spiro atoms. The van der Waals surface area contributed by atoms with Gasteiger partial charge in [0, 0.05) is 0 Å². The zero-order valence-corrected chi connectivity index (χ0v) is 41.2. The van der Waals surface area contributed by atoms with E-state index in [1.165, 1.54) is 82.4 Å². The van der Waals surface area contributed by atoms with E-state index in [4.69, 9.17) is 8.37 Å². The molecule has 0 heterocycles. The highest BCUT2D eigenvalue weighted by atomic mass is 32.1. The second kappa shape index (κ2) is 25.4. The molecular weight excluding hydrogens is 790 g/mol. The number of rotatable bonds is 17. The Bertz CT molecular complexity index is 1880. The third kappa shape index (κ3) is 14.3. The predicted molar refractivity (Wildman–Crippen MR) is 286 cm³/mol. The van der Waals surface area contributed by atoms with Crippen LogP contribution in [0.5, 0.6) is 0 Å². The summed E-state index contributed by atoms with van der Waals surface area (Å²) in [6.07, 6.45) is 9.45. The molecule has 6 rings (SSSR count). The predicted octanol–water partition coefficient (Wildman–Crippen LogP) is 10.2. The Morgan fingerprint density at radius 1 is 0.371 bits per heavy atom. The van der Waals surface area contributed by atoms with E-state index >= 15 is 0 Å². The van der Waals surface area contributed by atoms with Gasteiger partial charge in [0.2, 0.25) is 0 Å². The second-order valence-electron chi connectivity index (χ2n) is 19.1. The maximum Gasteiger partial charge on any atom is 0.118 e. The first-order chi connectivity index (χ1) is 29.9. The summed E-state index contributed by atoms with van der Waals surface area (Å²) < 4.78 is 9.49. The molecule has 2 nitrogen and oxygen atoms in total. The molecule has 6 aromatic carbocycles. The molecule has 62 heavy (non-hydrogen) atoms. The highest BCUT2D eigenvalue weighted by Gasteiger charge is 2.32. The van der Waals surface area contributed by atoms with Gasteiger partial charge in [-0.25, -0.2) is 0 Å². The van der Waals surface area contributed by atoms with E-state index in [0.29, 0.717) is 0 Å². The first kappa shape index (κ1) is 50.7. The SMILES string of the molecule is CC(C)(C)O[SH2+].CC(C)(C)O[SH2+].CCCC[B-](c1ccccc1)(c1ccccc1)c1ccccc1CCCCc1ccccc1[B-](CCCC)(c1ccccc1)c1ccccc1. The lowest BCUT2D eigenvalue weighted by Gasteiger charge is -2.45. The van der Waals surface area contributed by atoms with Gasteiger partial charge in [-0.1, -0.05) is 221 Å². The molecule has 0 unspecified atom stereocenters. The van der Waals surface area contributed by atoms with Crippen molar-refractivity contribution in [3.8, 4) is 0 Å². The molecule has 0 bridgehead atoms. The zero-order chi connectivity index (χ0) is 44.9. The summed E-state index contributed by atoms with van der Waals surface area (Å²) >= 11 is 5.83. The van der Waals surface area contributed by atoms with Crippen LogP contribution in [0.1, 0.15) is 105 Å². The fraction of sp³-hybridized carbons (Fsp3) is 0.357. The van der Waals surface area contributed by atoms with Crippen molar-refractivity contribution in [2.45, 2.75) is 131 Å². The average Bonchev–Trinajstić information content (AvgIpc) is 3.30. The largest absolute Gasteiger partial charge is 0.200 e. The first-order valence-corrected chi connectivity index (χ1v) is 24.1. The molecule has 6 aromatic rings. The molecule has 0 aliphatic rings. The maximum absolute atomic E-state index is 4.74. The van der Waals surface area contributed by atoms with Crippen LogP contribution in [-0.4, -0.2) is 23.5 Å². The van der Waals surface area contributed by atoms with Crippen LogP contribution < -0.4 is 32.8 Å². The lowest BCUT2D eigenvalue weighted by molar-refractivity contribution is 0.167. The Balaban J connectivity index is 0.000000619. The van der Waals surface area contributed by atoms with Crippen molar-refractivity contribution >= 4 is 70.9 Å². The first-order valence-electron chi connectivity index (χ1n) is 23.3. The van der Waals surface area contributed by atoms with Crippen molar-refractivity contribution in [2.75, 3.05) is 0 Å². The van der Waals surface area contributed by atoms with E-state index in [2.05, 4.69) is 210 Å². The summed E-state index contributed by atoms with van der Waals surface area (Å²) in [6, 6.07) is 64.3. The molecule has 0 N–H and O–H groups in total. The van der Waals surface area contributed by atoms with Gasteiger partial charge in [0.05, 0.1) is 12.3 Å². The molecule has 0 radical (unpaired) electrons. The van der Waals surface area contributed by atoms with Crippen molar-refractivity contribution < 1.29 is 8.37 Å². The van der Waals surface area contributed by atoms with Crippen LogP contribution in [0.4, 0.5) is 0 Å². The Hall–Kier alpha value is -3.93. The van der Waals surface area contributed by atoms with Crippen LogP contribution in [0.15, 0.2) is 170 Å². The number of aryl methyl sites for hydroxylation is 2. The van der Waals surface area contributed by atoms with Crippen LogP contribution >= 0.6 is 0 Å². The molecule has 0 aliphatic heterocycles. The fourth-order valence-corrected chi connectivity index (χ4v) is 9.34. The standard InChI is InChI=1S/C48H54B2.2C4H10OS/c1-3-5-39-49(43-29-11-7-12-30-43,44-31-13-8-14-32-44)47-37-23-21-27-41(47)25-19-20-26-42-28-22-24-38-48(42)50(40-6-4-2,45-33-15-9-16-34-45)46-35-17-10-18-36-46;2*1-4(2,3)5-6/h7-18,21-24,27-38H,3-6,19-20,25-26,39-40H2,1-2H3;2*6H,1-3H3/q-2;;/p+2. The number of hydrogen-bond donors (Lipinski definition) is 0. The maximum atomic E-state index is 4.74. The van der Waals surface area contributed by atoms with E-state index in [0.717, 1.165) is 25.5 Å². The van der Waals surface area contributed by atoms with Crippen LogP contribution in [0.25, 0.3) is 0 Å².